The lowest BCUT2D eigenvalue weighted by Crippen LogP contribution is -2.23. The highest BCUT2D eigenvalue weighted by molar-refractivity contribution is 7.13. The van der Waals surface area contributed by atoms with E-state index in [0.29, 0.717) is 0 Å². The van der Waals surface area contributed by atoms with Gasteiger partial charge in [0, 0.05) is 20.2 Å². The van der Waals surface area contributed by atoms with Gasteiger partial charge in [-0.3, -0.25) is 0 Å². The van der Waals surface area contributed by atoms with E-state index in [4.69, 9.17) is 16.3 Å². The van der Waals surface area contributed by atoms with E-state index >= 15 is 0 Å². The second-order valence-electron chi connectivity index (χ2n) is 5.01. The fourth-order valence-electron chi connectivity index (χ4n) is 2.08. The fourth-order valence-corrected chi connectivity index (χ4v) is 3.24. The van der Waals surface area contributed by atoms with Crippen molar-refractivity contribution in [1.82, 2.24) is 4.37 Å². The minimum Gasteiger partial charge on any atom is -0.378 e. The fraction of sp³-hybridized carbons (Fsp3) is 0.533. The van der Waals surface area contributed by atoms with Gasteiger partial charge in [0.25, 0.3) is 0 Å². The molecule has 1 unspecified atom stereocenters. The number of benzene rings is 1. The molecule has 0 N–H and O–H groups in total. The molecule has 20 heavy (non-hydrogen) atoms. The highest BCUT2D eigenvalue weighted by Gasteiger charge is 2.14. The average Bonchev–Trinajstić information content (AvgIpc) is 2.88. The summed E-state index contributed by atoms with van der Waals surface area (Å²) in [5.41, 5.74) is 0. The molecule has 0 fully saturated rings. The quantitative estimate of drug-likeness (QED) is 0.747. The van der Waals surface area contributed by atoms with Crippen LogP contribution in [0.2, 0.25) is 5.02 Å². The molecule has 1 aromatic heterocycles. The number of hydrogen-bond donors (Lipinski definition) is 0. The first-order valence-electron chi connectivity index (χ1n) is 7.00. The summed E-state index contributed by atoms with van der Waals surface area (Å²) in [7, 11) is 2.06. The Labute approximate surface area is 129 Å². The van der Waals surface area contributed by atoms with Crippen molar-refractivity contribution >= 4 is 39.0 Å². The number of rotatable bonds is 7. The maximum Gasteiger partial charge on any atom is 0.151 e. The third kappa shape index (κ3) is 3.62. The molecule has 0 spiro atoms. The van der Waals surface area contributed by atoms with Crippen molar-refractivity contribution in [1.29, 1.82) is 0 Å². The third-order valence-electron chi connectivity index (χ3n) is 3.27. The van der Waals surface area contributed by atoms with Gasteiger partial charge in [-0.15, -0.1) is 0 Å². The lowest BCUT2D eigenvalue weighted by Gasteiger charge is -2.20. The SMILES string of the molecule is CCCOC(C)CCN(C)c1nsc2cccc(Cl)c12. The van der Waals surface area contributed by atoms with E-state index in [0.717, 1.165) is 46.9 Å². The van der Waals surface area contributed by atoms with Gasteiger partial charge in [-0.25, -0.2) is 0 Å². The molecule has 2 aromatic rings. The summed E-state index contributed by atoms with van der Waals surface area (Å²) in [6.45, 7) is 5.99. The lowest BCUT2D eigenvalue weighted by atomic mass is 10.2. The maximum atomic E-state index is 6.29. The van der Waals surface area contributed by atoms with Crippen LogP contribution in [0.1, 0.15) is 26.7 Å². The topological polar surface area (TPSA) is 25.4 Å². The van der Waals surface area contributed by atoms with Gasteiger partial charge >= 0.3 is 0 Å². The van der Waals surface area contributed by atoms with Crippen LogP contribution in [-0.4, -0.2) is 30.7 Å². The van der Waals surface area contributed by atoms with E-state index in [1.165, 1.54) is 11.5 Å². The molecular weight excluding hydrogens is 292 g/mol. The summed E-state index contributed by atoms with van der Waals surface area (Å²) in [5, 5.41) is 1.83. The van der Waals surface area contributed by atoms with Crippen LogP contribution in [0.4, 0.5) is 5.82 Å². The van der Waals surface area contributed by atoms with E-state index in [-0.39, 0.29) is 6.10 Å². The summed E-state index contributed by atoms with van der Waals surface area (Å²) < 4.78 is 11.4. The molecule has 3 nitrogen and oxygen atoms in total. The van der Waals surface area contributed by atoms with Crippen molar-refractivity contribution in [2.24, 2.45) is 0 Å². The van der Waals surface area contributed by atoms with Crippen LogP contribution in [0.3, 0.4) is 0 Å². The molecule has 0 bridgehead atoms. The van der Waals surface area contributed by atoms with Crippen LogP contribution in [-0.2, 0) is 4.74 Å². The second-order valence-corrected chi connectivity index (χ2v) is 6.22. The lowest BCUT2D eigenvalue weighted by molar-refractivity contribution is 0.0623. The Balaban J connectivity index is 2.03. The summed E-state index contributed by atoms with van der Waals surface area (Å²) in [6, 6.07) is 5.94. The monoisotopic (exact) mass is 312 g/mol. The normalized spacial score (nSPS) is 12.8. The first-order chi connectivity index (χ1) is 9.63. The summed E-state index contributed by atoms with van der Waals surface area (Å²) in [6.07, 6.45) is 2.32. The Hall–Kier alpha value is -0.840. The van der Waals surface area contributed by atoms with Crippen molar-refractivity contribution in [2.75, 3.05) is 25.1 Å². The van der Waals surface area contributed by atoms with E-state index < -0.39 is 0 Å². The van der Waals surface area contributed by atoms with E-state index in [2.05, 4.69) is 36.2 Å². The summed E-state index contributed by atoms with van der Waals surface area (Å²) >= 11 is 7.79. The van der Waals surface area contributed by atoms with E-state index in [1.807, 2.05) is 12.1 Å². The standard InChI is InChI=1S/C15H21ClN2OS/c1-4-10-19-11(2)8-9-18(3)15-14-12(16)6-5-7-13(14)20-17-15/h5-7,11H,4,8-10H2,1-3H3. The van der Waals surface area contributed by atoms with Gasteiger partial charge in [-0.2, -0.15) is 4.37 Å². The van der Waals surface area contributed by atoms with Crippen LogP contribution in [0.25, 0.3) is 10.1 Å². The Morgan fingerprint density at radius 2 is 2.25 bits per heavy atom. The predicted octanol–water partition coefficient (Wildman–Crippen LogP) is 4.59. The number of ether oxygens (including phenoxy) is 1. The second kappa shape index (κ2) is 7.25. The molecule has 2 rings (SSSR count). The molecular formula is C15H21ClN2OS. The smallest absolute Gasteiger partial charge is 0.151 e. The van der Waals surface area contributed by atoms with Crippen LogP contribution in [0.5, 0.6) is 0 Å². The number of anilines is 1. The van der Waals surface area contributed by atoms with Gasteiger partial charge in [0.05, 0.1) is 21.2 Å². The van der Waals surface area contributed by atoms with E-state index in [1.54, 1.807) is 0 Å². The Kier molecular flexibility index (Phi) is 5.64. The van der Waals surface area contributed by atoms with Gasteiger partial charge in [0.2, 0.25) is 0 Å². The molecule has 1 heterocycles. The predicted molar refractivity (Wildman–Crippen MR) is 88.2 cm³/mol. The molecule has 0 saturated carbocycles. The number of hydrogen-bond acceptors (Lipinski definition) is 4. The Bertz CT molecular complexity index is 558. The van der Waals surface area contributed by atoms with E-state index in [9.17, 15) is 0 Å². The third-order valence-corrected chi connectivity index (χ3v) is 4.38. The average molecular weight is 313 g/mol. The first-order valence-corrected chi connectivity index (χ1v) is 8.15. The summed E-state index contributed by atoms with van der Waals surface area (Å²) in [5.74, 6) is 0.971. The maximum absolute atomic E-state index is 6.29. The zero-order valence-electron chi connectivity index (χ0n) is 12.2. The number of halogens is 1. The van der Waals surface area contributed by atoms with Crippen LogP contribution >= 0.6 is 23.1 Å². The van der Waals surface area contributed by atoms with Crippen LogP contribution in [0.15, 0.2) is 18.2 Å². The molecule has 0 amide bonds. The molecule has 0 radical (unpaired) electrons. The van der Waals surface area contributed by atoms with Gasteiger partial charge in [0.15, 0.2) is 5.82 Å². The zero-order chi connectivity index (χ0) is 14.5. The van der Waals surface area contributed by atoms with Crippen molar-refractivity contribution in [2.45, 2.75) is 32.8 Å². The number of aromatic nitrogens is 1. The molecule has 1 aromatic carbocycles. The van der Waals surface area contributed by atoms with Crippen molar-refractivity contribution < 1.29 is 4.74 Å². The number of fused-ring (bicyclic) bond motifs is 1. The van der Waals surface area contributed by atoms with Crippen molar-refractivity contribution in [3.63, 3.8) is 0 Å². The first kappa shape index (κ1) is 15.5. The molecule has 0 aliphatic carbocycles. The largest absolute Gasteiger partial charge is 0.378 e. The van der Waals surface area contributed by atoms with Crippen LogP contribution < -0.4 is 4.90 Å². The molecule has 0 aliphatic rings. The molecule has 0 saturated heterocycles. The molecule has 5 heteroatoms. The molecule has 0 aliphatic heterocycles. The molecule has 110 valence electrons. The van der Waals surface area contributed by atoms with Gasteiger partial charge < -0.3 is 9.64 Å². The van der Waals surface area contributed by atoms with Crippen LogP contribution in [0, 0.1) is 0 Å². The highest BCUT2D eigenvalue weighted by atomic mass is 35.5. The summed E-state index contributed by atoms with van der Waals surface area (Å²) in [4.78, 5) is 2.16. The van der Waals surface area contributed by atoms with Gasteiger partial charge in [-0.05, 0) is 43.4 Å². The highest BCUT2D eigenvalue weighted by Crippen LogP contribution is 2.34. The number of nitrogens with zero attached hydrogens (tertiary/aromatic N) is 2. The van der Waals surface area contributed by atoms with Crippen molar-refractivity contribution in [3.05, 3.63) is 23.2 Å². The molecule has 1 atom stereocenters. The Morgan fingerprint density at radius 1 is 1.45 bits per heavy atom. The minimum absolute atomic E-state index is 0.276. The van der Waals surface area contributed by atoms with Gasteiger partial charge in [-0.1, -0.05) is 24.6 Å². The zero-order valence-corrected chi connectivity index (χ0v) is 13.8. The van der Waals surface area contributed by atoms with Crippen molar-refractivity contribution in [3.8, 4) is 0 Å². The Morgan fingerprint density at radius 3 is 3.00 bits per heavy atom. The minimum atomic E-state index is 0.276. The van der Waals surface area contributed by atoms with Gasteiger partial charge in [0.1, 0.15) is 0 Å².